The van der Waals surface area contributed by atoms with Crippen molar-refractivity contribution in [1.29, 1.82) is 0 Å². The van der Waals surface area contributed by atoms with Crippen LogP contribution in [0.15, 0.2) is 35.3 Å². The van der Waals surface area contributed by atoms with Gasteiger partial charge in [-0.3, -0.25) is 4.79 Å². The van der Waals surface area contributed by atoms with Crippen LogP contribution in [0.2, 0.25) is 10.0 Å². The summed E-state index contributed by atoms with van der Waals surface area (Å²) in [4.78, 5) is 12.0. The van der Waals surface area contributed by atoms with Gasteiger partial charge in [0.05, 0.1) is 22.6 Å². The quantitative estimate of drug-likeness (QED) is 0.912. The first-order valence-corrected chi connectivity index (χ1v) is 5.61. The zero-order valence-electron chi connectivity index (χ0n) is 8.95. The minimum atomic E-state index is -0.411. The second-order valence-corrected chi connectivity index (χ2v) is 4.08. The predicted octanol–water partition coefficient (Wildman–Crippen LogP) is 2.58. The Hall–Kier alpha value is -1.52. The van der Waals surface area contributed by atoms with Gasteiger partial charge in [-0.2, -0.15) is 9.78 Å². The lowest BCUT2D eigenvalue weighted by molar-refractivity contribution is 0.809. The monoisotopic (exact) mass is 269 g/mol. The molecule has 0 aliphatic carbocycles. The Balaban J connectivity index is 2.67. The van der Waals surface area contributed by atoms with E-state index in [1.165, 1.54) is 10.9 Å². The van der Waals surface area contributed by atoms with Crippen LogP contribution in [0.1, 0.15) is 0 Å². The number of nitrogens with one attached hydrogen (secondary N) is 1. The van der Waals surface area contributed by atoms with Gasteiger partial charge < -0.3 is 5.32 Å². The third kappa shape index (κ3) is 2.14. The molecule has 0 saturated heterocycles. The molecule has 0 bridgehead atoms. The maximum Gasteiger partial charge on any atom is 0.292 e. The highest BCUT2D eigenvalue weighted by Gasteiger charge is 2.11. The molecule has 0 saturated carbocycles. The van der Waals surface area contributed by atoms with Gasteiger partial charge in [0, 0.05) is 7.05 Å². The van der Waals surface area contributed by atoms with Crippen LogP contribution in [-0.4, -0.2) is 16.8 Å². The van der Waals surface area contributed by atoms with E-state index in [1.807, 2.05) is 0 Å². The van der Waals surface area contributed by atoms with E-state index < -0.39 is 5.56 Å². The summed E-state index contributed by atoms with van der Waals surface area (Å²) in [6, 6.07) is 6.94. The molecule has 6 heteroatoms. The fraction of sp³-hybridized carbons (Fsp3) is 0.0909. The van der Waals surface area contributed by atoms with Crippen LogP contribution in [0, 0.1) is 0 Å². The van der Waals surface area contributed by atoms with Crippen LogP contribution in [0.5, 0.6) is 0 Å². The van der Waals surface area contributed by atoms with Crippen molar-refractivity contribution in [2.75, 3.05) is 12.4 Å². The summed E-state index contributed by atoms with van der Waals surface area (Å²) in [5.41, 5.74) is 0.579. The van der Waals surface area contributed by atoms with Gasteiger partial charge in [0.2, 0.25) is 0 Å². The van der Waals surface area contributed by atoms with Crippen molar-refractivity contribution in [3.63, 3.8) is 0 Å². The lowest BCUT2D eigenvalue weighted by Gasteiger charge is -2.08. The zero-order valence-corrected chi connectivity index (χ0v) is 10.5. The van der Waals surface area contributed by atoms with Gasteiger partial charge in [-0.25, -0.2) is 0 Å². The minimum Gasteiger partial charge on any atom is -0.385 e. The van der Waals surface area contributed by atoms with Crippen molar-refractivity contribution in [2.45, 2.75) is 0 Å². The molecule has 1 aromatic carbocycles. The van der Waals surface area contributed by atoms with Gasteiger partial charge >= 0.3 is 0 Å². The second-order valence-electron chi connectivity index (χ2n) is 3.29. The van der Waals surface area contributed by atoms with Crippen LogP contribution in [0.25, 0.3) is 5.69 Å². The fourth-order valence-corrected chi connectivity index (χ4v) is 1.84. The van der Waals surface area contributed by atoms with Gasteiger partial charge in [-0.1, -0.05) is 35.3 Å². The Morgan fingerprint density at radius 2 is 2.00 bits per heavy atom. The highest BCUT2D eigenvalue weighted by atomic mass is 35.5. The Kier molecular flexibility index (Phi) is 3.36. The van der Waals surface area contributed by atoms with E-state index in [0.717, 1.165) is 0 Å². The SMILES string of the molecule is CNc1cnn(-c2ccccc2Cl)c(=O)c1Cl. The molecular formula is C11H9Cl2N3O. The summed E-state index contributed by atoms with van der Waals surface area (Å²) >= 11 is 11.9. The molecule has 0 fully saturated rings. The number of rotatable bonds is 2. The summed E-state index contributed by atoms with van der Waals surface area (Å²) in [5, 5.41) is 7.33. The first-order chi connectivity index (χ1) is 8.15. The zero-order chi connectivity index (χ0) is 12.4. The average Bonchev–Trinajstić information content (AvgIpc) is 2.34. The number of nitrogens with zero attached hydrogens (tertiary/aromatic N) is 2. The summed E-state index contributed by atoms with van der Waals surface area (Å²) in [7, 11) is 1.67. The van der Waals surface area contributed by atoms with E-state index in [4.69, 9.17) is 23.2 Å². The number of hydrogen-bond donors (Lipinski definition) is 1. The predicted molar refractivity (Wildman–Crippen MR) is 69.4 cm³/mol. The normalized spacial score (nSPS) is 10.3. The van der Waals surface area contributed by atoms with E-state index in [9.17, 15) is 4.79 Å². The summed E-state index contributed by atoms with van der Waals surface area (Å²) in [5.74, 6) is 0. The van der Waals surface area contributed by atoms with Crippen molar-refractivity contribution in [3.05, 3.63) is 50.9 Å². The molecule has 0 radical (unpaired) electrons. The molecule has 0 amide bonds. The number of hydrogen-bond acceptors (Lipinski definition) is 3. The van der Waals surface area contributed by atoms with Crippen LogP contribution in [0.4, 0.5) is 5.69 Å². The van der Waals surface area contributed by atoms with Crippen molar-refractivity contribution in [2.24, 2.45) is 0 Å². The van der Waals surface area contributed by atoms with E-state index in [1.54, 1.807) is 31.3 Å². The lowest BCUT2D eigenvalue weighted by atomic mass is 10.3. The van der Waals surface area contributed by atoms with Crippen molar-refractivity contribution in [3.8, 4) is 5.69 Å². The first-order valence-electron chi connectivity index (χ1n) is 4.85. The number of aromatic nitrogens is 2. The summed E-state index contributed by atoms with van der Waals surface area (Å²) in [6.07, 6.45) is 1.48. The summed E-state index contributed by atoms with van der Waals surface area (Å²) < 4.78 is 1.17. The first kappa shape index (κ1) is 12.0. The van der Waals surface area contributed by atoms with Crippen molar-refractivity contribution >= 4 is 28.9 Å². The second kappa shape index (κ2) is 4.77. The molecule has 0 unspecified atom stereocenters. The average molecular weight is 270 g/mol. The van der Waals surface area contributed by atoms with E-state index >= 15 is 0 Å². The number of benzene rings is 1. The molecule has 1 heterocycles. The molecule has 2 rings (SSSR count). The molecule has 0 atom stereocenters. The fourth-order valence-electron chi connectivity index (χ4n) is 1.40. The molecule has 1 N–H and O–H groups in total. The minimum absolute atomic E-state index is 0.0856. The largest absolute Gasteiger partial charge is 0.385 e. The van der Waals surface area contributed by atoms with Gasteiger partial charge in [-0.15, -0.1) is 0 Å². The Morgan fingerprint density at radius 1 is 1.29 bits per heavy atom. The Labute approximate surface area is 108 Å². The molecule has 4 nitrogen and oxygen atoms in total. The van der Waals surface area contributed by atoms with Crippen LogP contribution in [0.3, 0.4) is 0 Å². The third-order valence-electron chi connectivity index (χ3n) is 2.27. The van der Waals surface area contributed by atoms with Gasteiger partial charge in [0.25, 0.3) is 5.56 Å². The van der Waals surface area contributed by atoms with E-state index in [0.29, 0.717) is 16.4 Å². The lowest BCUT2D eigenvalue weighted by Crippen LogP contribution is -2.22. The molecule has 88 valence electrons. The van der Waals surface area contributed by atoms with Gasteiger partial charge in [0.15, 0.2) is 0 Å². The third-order valence-corrected chi connectivity index (χ3v) is 2.95. The molecule has 1 aromatic heterocycles. The maximum absolute atomic E-state index is 12.0. The molecule has 17 heavy (non-hydrogen) atoms. The van der Waals surface area contributed by atoms with Crippen molar-refractivity contribution < 1.29 is 0 Å². The maximum atomic E-state index is 12.0. The molecule has 0 aliphatic rings. The standard InChI is InChI=1S/C11H9Cl2N3O/c1-14-8-6-15-16(11(17)10(8)13)9-5-3-2-4-7(9)12/h2-6,14H,1H3. The molecule has 0 aliphatic heterocycles. The summed E-state index contributed by atoms with van der Waals surface area (Å²) in [6.45, 7) is 0. The van der Waals surface area contributed by atoms with Crippen molar-refractivity contribution in [1.82, 2.24) is 9.78 Å². The van der Waals surface area contributed by atoms with E-state index in [2.05, 4.69) is 10.4 Å². The van der Waals surface area contributed by atoms with Gasteiger partial charge in [0.1, 0.15) is 5.02 Å². The highest BCUT2D eigenvalue weighted by molar-refractivity contribution is 6.33. The topological polar surface area (TPSA) is 46.9 Å². The van der Waals surface area contributed by atoms with Crippen LogP contribution < -0.4 is 10.9 Å². The van der Waals surface area contributed by atoms with Crippen LogP contribution >= 0.6 is 23.2 Å². The molecule has 2 aromatic rings. The number of halogens is 2. The Morgan fingerprint density at radius 3 is 2.65 bits per heavy atom. The Bertz CT molecular complexity index is 610. The molecular weight excluding hydrogens is 261 g/mol. The van der Waals surface area contributed by atoms with Crippen LogP contribution in [-0.2, 0) is 0 Å². The highest BCUT2D eigenvalue weighted by Crippen LogP contribution is 2.20. The molecule has 0 spiro atoms. The smallest absolute Gasteiger partial charge is 0.292 e. The van der Waals surface area contributed by atoms with E-state index in [-0.39, 0.29) is 5.02 Å². The van der Waals surface area contributed by atoms with Gasteiger partial charge in [-0.05, 0) is 12.1 Å². The number of anilines is 1. The number of para-hydroxylation sites is 1.